The highest BCUT2D eigenvalue weighted by Gasteiger charge is 1.91. The van der Waals surface area contributed by atoms with E-state index in [0.717, 1.165) is 0 Å². The molecule has 0 aliphatic rings. The molecule has 0 spiro atoms. The topological polar surface area (TPSA) is 0 Å². The third kappa shape index (κ3) is 25.7. The molecule has 0 atom stereocenters. The molecule has 0 aromatic rings. The molecule has 0 heterocycles. The lowest BCUT2D eigenvalue weighted by atomic mass is 10.1. The van der Waals surface area contributed by atoms with E-state index in [-0.39, 0.29) is 0 Å². The fourth-order valence-corrected chi connectivity index (χ4v) is 2.84. The van der Waals surface area contributed by atoms with Gasteiger partial charge in [0.25, 0.3) is 0 Å². The number of rotatable bonds is 19. The summed E-state index contributed by atoms with van der Waals surface area (Å²) in [5.74, 6) is 0. The second-order valence-electron chi connectivity index (χ2n) is 7.33. The van der Waals surface area contributed by atoms with Gasteiger partial charge in [-0.1, -0.05) is 175 Å². The third-order valence-electron chi connectivity index (χ3n) is 4.55. The van der Waals surface area contributed by atoms with E-state index in [1.165, 1.54) is 70.6 Å². The predicted molar refractivity (Wildman–Crippen MR) is 140 cm³/mol. The van der Waals surface area contributed by atoms with Crippen LogP contribution >= 0.6 is 0 Å². The van der Waals surface area contributed by atoms with Crippen molar-refractivity contribution in [1.82, 2.24) is 0 Å². The zero-order valence-electron chi connectivity index (χ0n) is 19.3. The molecule has 0 fully saturated rings. The molecule has 0 aliphatic heterocycles. The molecule has 0 saturated heterocycles. The van der Waals surface area contributed by atoms with Gasteiger partial charge in [0.2, 0.25) is 0 Å². The molecular formula is C30H44. The van der Waals surface area contributed by atoms with Gasteiger partial charge in [0.15, 0.2) is 0 Å². The zero-order valence-corrected chi connectivity index (χ0v) is 19.3. The van der Waals surface area contributed by atoms with Crippen molar-refractivity contribution in [3.8, 4) is 0 Å². The molecule has 0 heteroatoms. The number of allylic oxidation sites excluding steroid dienone is 17. The summed E-state index contributed by atoms with van der Waals surface area (Å²) in [4.78, 5) is 0. The molecule has 30 heavy (non-hydrogen) atoms. The smallest absolute Gasteiger partial charge is 0.0348 e. The van der Waals surface area contributed by atoms with Crippen molar-refractivity contribution in [2.24, 2.45) is 0 Å². The van der Waals surface area contributed by atoms with Crippen LogP contribution in [-0.2, 0) is 0 Å². The maximum absolute atomic E-state index is 3.62. The largest absolute Gasteiger partial charge is 0.0991 e. The van der Waals surface area contributed by atoms with Crippen molar-refractivity contribution in [2.75, 3.05) is 0 Å². The van der Waals surface area contributed by atoms with E-state index < -0.39 is 0 Å². The molecular weight excluding hydrogens is 360 g/mol. The fourth-order valence-electron chi connectivity index (χ4n) is 2.84. The molecule has 0 aromatic carbocycles. The van der Waals surface area contributed by atoms with Gasteiger partial charge >= 0.3 is 0 Å². The SMILES string of the molecule is C=C/C=C/C=C/C=C/C=C/C=C/C=C/C=C/C=C/CCCCCCCCCCCC. The Morgan fingerprint density at radius 3 is 1.13 bits per heavy atom. The minimum atomic E-state index is 1.20. The number of hydrogen-bond donors (Lipinski definition) is 0. The van der Waals surface area contributed by atoms with Gasteiger partial charge in [0, 0.05) is 0 Å². The molecule has 0 bridgehead atoms. The molecule has 0 amide bonds. The molecule has 0 aliphatic carbocycles. The van der Waals surface area contributed by atoms with Crippen LogP contribution in [0.2, 0.25) is 0 Å². The normalized spacial score (nSPS) is 13.4. The summed E-state index contributed by atoms with van der Waals surface area (Å²) in [5.41, 5.74) is 0. The monoisotopic (exact) mass is 404 g/mol. The maximum atomic E-state index is 3.62. The van der Waals surface area contributed by atoms with Crippen LogP contribution in [0.4, 0.5) is 0 Å². The Morgan fingerprint density at radius 1 is 0.400 bits per heavy atom. The van der Waals surface area contributed by atoms with Crippen LogP contribution in [0.25, 0.3) is 0 Å². The summed E-state index contributed by atoms with van der Waals surface area (Å²) < 4.78 is 0. The van der Waals surface area contributed by atoms with Gasteiger partial charge < -0.3 is 0 Å². The minimum absolute atomic E-state index is 1.20. The quantitative estimate of drug-likeness (QED) is 0.148. The van der Waals surface area contributed by atoms with Crippen molar-refractivity contribution < 1.29 is 0 Å². The van der Waals surface area contributed by atoms with E-state index in [9.17, 15) is 0 Å². The molecule has 0 unspecified atom stereocenters. The van der Waals surface area contributed by atoms with Crippen molar-refractivity contribution in [3.05, 3.63) is 110 Å². The Hall–Kier alpha value is -2.34. The molecule has 164 valence electrons. The first-order valence-electron chi connectivity index (χ1n) is 11.9. The second kappa shape index (κ2) is 26.7. The summed E-state index contributed by atoms with van der Waals surface area (Å²) >= 11 is 0. The van der Waals surface area contributed by atoms with Crippen LogP contribution in [0.3, 0.4) is 0 Å². The van der Waals surface area contributed by atoms with Gasteiger partial charge in [-0.3, -0.25) is 0 Å². The summed E-state index contributed by atoms with van der Waals surface area (Å²) in [7, 11) is 0. The summed E-state index contributed by atoms with van der Waals surface area (Å²) in [6, 6.07) is 0. The van der Waals surface area contributed by atoms with Crippen LogP contribution in [0.5, 0.6) is 0 Å². The highest BCUT2D eigenvalue weighted by atomic mass is 14.0. The lowest BCUT2D eigenvalue weighted by molar-refractivity contribution is 0.557. The van der Waals surface area contributed by atoms with Crippen LogP contribution in [0.1, 0.15) is 77.6 Å². The standard InChI is InChI=1S/C30H44/c1-3-5-7-9-11-13-15-17-19-21-23-25-27-29-30-28-26-24-22-20-18-16-14-12-10-8-6-4-2/h3,5,7,9,11,13,15,17,19,21,23,25-30H,1,4,6,8,10,12,14,16,18,20,22,24H2,2H3/b7-5+,11-9+,15-13+,19-17+,23-21+,27-25+,28-26+,30-29+. The number of unbranched alkanes of at least 4 members (excludes halogenated alkanes) is 10. The van der Waals surface area contributed by atoms with Crippen molar-refractivity contribution >= 4 is 0 Å². The highest BCUT2D eigenvalue weighted by Crippen LogP contribution is 2.11. The summed E-state index contributed by atoms with van der Waals surface area (Å²) in [6.07, 6.45) is 49.6. The van der Waals surface area contributed by atoms with Gasteiger partial charge in [-0.25, -0.2) is 0 Å². The van der Waals surface area contributed by atoms with Crippen LogP contribution in [0, 0.1) is 0 Å². The van der Waals surface area contributed by atoms with E-state index in [2.05, 4.69) is 43.9 Å². The van der Waals surface area contributed by atoms with E-state index in [0.29, 0.717) is 0 Å². The fraction of sp³-hybridized carbons (Fsp3) is 0.400. The maximum Gasteiger partial charge on any atom is -0.0348 e. The van der Waals surface area contributed by atoms with Crippen molar-refractivity contribution in [1.29, 1.82) is 0 Å². The average Bonchev–Trinajstić information content (AvgIpc) is 2.76. The molecule has 0 nitrogen and oxygen atoms in total. The van der Waals surface area contributed by atoms with Crippen LogP contribution in [0.15, 0.2) is 110 Å². The van der Waals surface area contributed by atoms with E-state index in [1.807, 2.05) is 66.8 Å². The van der Waals surface area contributed by atoms with Gasteiger partial charge in [-0.05, 0) is 12.8 Å². The van der Waals surface area contributed by atoms with Gasteiger partial charge in [0.1, 0.15) is 0 Å². The minimum Gasteiger partial charge on any atom is -0.0991 e. The highest BCUT2D eigenvalue weighted by molar-refractivity contribution is 5.21. The van der Waals surface area contributed by atoms with Gasteiger partial charge in [-0.2, -0.15) is 0 Å². The van der Waals surface area contributed by atoms with E-state index in [4.69, 9.17) is 0 Å². The van der Waals surface area contributed by atoms with Crippen LogP contribution < -0.4 is 0 Å². The van der Waals surface area contributed by atoms with E-state index >= 15 is 0 Å². The van der Waals surface area contributed by atoms with Gasteiger partial charge in [-0.15, -0.1) is 0 Å². The van der Waals surface area contributed by atoms with Crippen molar-refractivity contribution in [3.63, 3.8) is 0 Å². The Morgan fingerprint density at radius 2 is 0.733 bits per heavy atom. The van der Waals surface area contributed by atoms with E-state index in [1.54, 1.807) is 6.08 Å². The molecule has 0 aromatic heterocycles. The molecule has 0 radical (unpaired) electrons. The lowest BCUT2D eigenvalue weighted by Crippen LogP contribution is -1.81. The second-order valence-corrected chi connectivity index (χ2v) is 7.33. The first-order chi connectivity index (χ1) is 14.9. The third-order valence-corrected chi connectivity index (χ3v) is 4.55. The Labute approximate surface area is 187 Å². The van der Waals surface area contributed by atoms with Crippen LogP contribution in [-0.4, -0.2) is 0 Å². The summed E-state index contributed by atoms with van der Waals surface area (Å²) in [6.45, 7) is 5.90. The lowest BCUT2D eigenvalue weighted by Gasteiger charge is -2.01. The first kappa shape index (κ1) is 27.7. The predicted octanol–water partition coefficient (Wildman–Crippen LogP) is 9.93. The molecule has 0 N–H and O–H groups in total. The Bertz CT molecular complexity index is 588. The zero-order chi connectivity index (χ0) is 21.8. The molecule has 0 rings (SSSR count). The Balaban J connectivity index is 3.57. The molecule has 0 saturated carbocycles. The summed E-state index contributed by atoms with van der Waals surface area (Å²) in [5, 5.41) is 0. The van der Waals surface area contributed by atoms with Crippen molar-refractivity contribution in [2.45, 2.75) is 77.6 Å². The number of hydrogen-bond acceptors (Lipinski definition) is 0. The Kier molecular flexibility index (Phi) is 24.6. The van der Waals surface area contributed by atoms with Gasteiger partial charge in [0.05, 0.1) is 0 Å². The average molecular weight is 405 g/mol. The first-order valence-corrected chi connectivity index (χ1v) is 11.9.